The van der Waals surface area contributed by atoms with E-state index in [0.717, 1.165) is 5.82 Å². The van der Waals surface area contributed by atoms with Crippen LogP contribution in [0.1, 0.15) is 0 Å². The van der Waals surface area contributed by atoms with Crippen LogP contribution in [0.4, 0.5) is 0 Å². The van der Waals surface area contributed by atoms with Crippen molar-refractivity contribution in [1.82, 2.24) is 10.7 Å². The average molecular weight is 123 g/mol. The van der Waals surface area contributed by atoms with Gasteiger partial charge in [-0.2, -0.15) is 0 Å². The fraction of sp³-hybridized carbons (Fsp3) is 0. The van der Waals surface area contributed by atoms with Gasteiger partial charge in [0.15, 0.2) is 0 Å². The molecule has 3 heteroatoms. The van der Waals surface area contributed by atoms with Crippen molar-refractivity contribution in [1.29, 1.82) is 0 Å². The summed E-state index contributed by atoms with van der Waals surface area (Å²) in [5.41, 5.74) is 2.49. The van der Waals surface area contributed by atoms with Crippen LogP contribution in [0.2, 0.25) is 0 Å². The van der Waals surface area contributed by atoms with E-state index >= 15 is 0 Å². The van der Waals surface area contributed by atoms with Crippen molar-refractivity contribution in [3.8, 4) is 0 Å². The van der Waals surface area contributed by atoms with E-state index in [-0.39, 0.29) is 0 Å². The fourth-order valence-corrected chi connectivity index (χ4v) is 0.547. The van der Waals surface area contributed by atoms with Gasteiger partial charge in [0.05, 0.1) is 0 Å². The predicted octanol–water partition coefficient (Wildman–Crippen LogP) is -0.0358. The number of rotatable bonds is 1. The topological polar surface area (TPSA) is 50.1 Å². The molecule has 0 saturated heterocycles. The Kier molecular flexibility index (Phi) is 1.93. The minimum Gasteiger partial charge on any atom is -0.347 e. The zero-order valence-corrected chi connectivity index (χ0v) is 4.96. The first-order chi connectivity index (χ1) is 4.43. The van der Waals surface area contributed by atoms with Gasteiger partial charge < -0.3 is 10.7 Å². The Morgan fingerprint density at radius 1 is 1.33 bits per heavy atom. The van der Waals surface area contributed by atoms with E-state index in [2.05, 4.69) is 10.7 Å². The third kappa shape index (κ3) is 1.62. The molecule has 0 aliphatic carbocycles. The van der Waals surface area contributed by atoms with Gasteiger partial charge in [-0.25, -0.2) is 5.84 Å². The van der Waals surface area contributed by atoms with Gasteiger partial charge in [0.1, 0.15) is 5.82 Å². The maximum Gasteiger partial charge on any atom is 0.117 e. The minimum absolute atomic E-state index is 0.792. The number of hydrazine groups is 1. The van der Waals surface area contributed by atoms with Crippen molar-refractivity contribution in [2.75, 3.05) is 0 Å². The highest BCUT2D eigenvalue weighted by atomic mass is 15.3. The molecule has 0 radical (unpaired) electrons. The second-order valence-corrected chi connectivity index (χ2v) is 1.61. The van der Waals surface area contributed by atoms with Gasteiger partial charge in [-0.15, -0.1) is 0 Å². The van der Waals surface area contributed by atoms with Gasteiger partial charge in [0.25, 0.3) is 0 Å². The molecule has 0 saturated carbocycles. The van der Waals surface area contributed by atoms with Gasteiger partial charge in [-0.3, -0.25) is 0 Å². The van der Waals surface area contributed by atoms with Crippen LogP contribution < -0.4 is 16.6 Å². The summed E-state index contributed by atoms with van der Waals surface area (Å²) in [6.45, 7) is 0. The first-order valence-corrected chi connectivity index (χ1v) is 2.70. The van der Waals surface area contributed by atoms with E-state index < -0.39 is 0 Å². The number of nitrogens with two attached hydrogens (primary N) is 1. The second kappa shape index (κ2) is 2.94. The van der Waals surface area contributed by atoms with Crippen LogP contribution in [0.3, 0.4) is 0 Å². The standard InChI is InChI=1S/C6H9N3/c7-9-6-4-2-1-3-5-8-6/h1-5,8-9H,7H2. The number of hydrogen-bond donors (Lipinski definition) is 3. The summed E-state index contributed by atoms with van der Waals surface area (Å²) in [6.07, 6.45) is 9.35. The molecule has 1 aliphatic rings. The molecule has 0 spiro atoms. The molecule has 4 N–H and O–H groups in total. The first kappa shape index (κ1) is 5.91. The molecule has 0 amide bonds. The number of nitrogens with one attached hydrogen (secondary N) is 2. The summed E-state index contributed by atoms with van der Waals surface area (Å²) in [6, 6.07) is 0. The summed E-state index contributed by atoms with van der Waals surface area (Å²) in [5, 5.41) is 2.91. The van der Waals surface area contributed by atoms with E-state index in [1.165, 1.54) is 0 Å². The van der Waals surface area contributed by atoms with E-state index in [0.29, 0.717) is 0 Å². The van der Waals surface area contributed by atoms with Gasteiger partial charge in [-0.1, -0.05) is 12.2 Å². The molecule has 9 heavy (non-hydrogen) atoms. The highest BCUT2D eigenvalue weighted by Crippen LogP contribution is 1.88. The van der Waals surface area contributed by atoms with E-state index in [1.54, 1.807) is 6.20 Å². The molecule has 0 aromatic rings. The summed E-state index contributed by atoms with van der Waals surface area (Å²) in [4.78, 5) is 0. The van der Waals surface area contributed by atoms with Crippen LogP contribution in [0.25, 0.3) is 0 Å². The Morgan fingerprint density at radius 2 is 2.22 bits per heavy atom. The Hall–Kier alpha value is -1.22. The monoisotopic (exact) mass is 123 g/mol. The largest absolute Gasteiger partial charge is 0.347 e. The lowest BCUT2D eigenvalue weighted by Gasteiger charge is -2.01. The van der Waals surface area contributed by atoms with Crippen LogP contribution in [-0.2, 0) is 0 Å². The van der Waals surface area contributed by atoms with Crippen LogP contribution in [0.15, 0.2) is 36.3 Å². The third-order valence-electron chi connectivity index (χ3n) is 0.976. The molecular weight excluding hydrogens is 114 g/mol. The van der Waals surface area contributed by atoms with Crippen molar-refractivity contribution in [2.24, 2.45) is 5.84 Å². The van der Waals surface area contributed by atoms with Crippen molar-refractivity contribution in [3.05, 3.63) is 36.3 Å². The van der Waals surface area contributed by atoms with E-state index in [1.807, 2.05) is 24.3 Å². The fourth-order valence-electron chi connectivity index (χ4n) is 0.547. The normalized spacial score (nSPS) is 15.9. The zero-order valence-electron chi connectivity index (χ0n) is 4.96. The van der Waals surface area contributed by atoms with Gasteiger partial charge >= 0.3 is 0 Å². The lowest BCUT2D eigenvalue weighted by atomic mass is 10.5. The average Bonchev–Trinajstić information content (AvgIpc) is 2.13. The molecular formula is C6H9N3. The van der Waals surface area contributed by atoms with Crippen LogP contribution in [0.5, 0.6) is 0 Å². The summed E-state index contributed by atoms with van der Waals surface area (Å²) < 4.78 is 0. The molecule has 1 heterocycles. The second-order valence-electron chi connectivity index (χ2n) is 1.61. The molecule has 0 atom stereocenters. The SMILES string of the molecule is NNC1=CC=CC=CN1. The van der Waals surface area contributed by atoms with Crippen LogP contribution >= 0.6 is 0 Å². The Bertz CT molecular complexity index is 167. The molecule has 0 bridgehead atoms. The van der Waals surface area contributed by atoms with E-state index in [9.17, 15) is 0 Å². The highest BCUT2D eigenvalue weighted by Gasteiger charge is 1.86. The maximum atomic E-state index is 5.12. The molecule has 0 fully saturated rings. The Balaban J connectivity index is 2.62. The molecule has 0 aromatic carbocycles. The van der Waals surface area contributed by atoms with Gasteiger partial charge in [-0.05, 0) is 12.2 Å². The maximum absolute atomic E-state index is 5.12. The summed E-state index contributed by atoms with van der Waals surface area (Å²) in [5.74, 6) is 5.92. The van der Waals surface area contributed by atoms with Gasteiger partial charge in [0.2, 0.25) is 0 Å². The van der Waals surface area contributed by atoms with Crippen LogP contribution in [-0.4, -0.2) is 0 Å². The first-order valence-electron chi connectivity index (χ1n) is 2.70. The molecule has 0 unspecified atom stereocenters. The quantitative estimate of drug-likeness (QED) is 0.339. The smallest absolute Gasteiger partial charge is 0.117 e. The summed E-state index contributed by atoms with van der Waals surface area (Å²) >= 11 is 0. The van der Waals surface area contributed by atoms with Crippen molar-refractivity contribution < 1.29 is 0 Å². The Labute approximate surface area is 53.9 Å². The molecule has 48 valence electrons. The van der Waals surface area contributed by atoms with E-state index in [4.69, 9.17) is 5.84 Å². The lowest BCUT2D eigenvalue weighted by Crippen LogP contribution is -2.28. The molecule has 1 rings (SSSR count). The summed E-state index contributed by atoms with van der Waals surface area (Å²) in [7, 11) is 0. The third-order valence-corrected chi connectivity index (χ3v) is 0.976. The van der Waals surface area contributed by atoms with Gasteiger partial charge in [0, 0.05) is 6.20 Å². The number of allylic oxidation sites excluding steroid dienone is 4. The molecule has 0 aromatic heterocycles. The molecule has 3 nitrogen and oxygen atoms in total. The van der Waals surface area contributed by atoms with Crippen LogP contribution in [0, 0.1) is 0 Å². The van der Waals surface area contributed by atoms with Crippen molar-refractivity contribution in [2.45, 2.75) is 0 Å². The number of hydrogen-bond acceptors (Lipinski definition) is 3. The molecule has 1 aliphatic heterocycles. The lowest BCUT2D eigenvalue weighted by molar-refractivity contribution is 0.805. The van der Waals surface area contributed by atoms with Crippen molar-refractivity contribution >= 4 is 0 Å². The zero-order chi connectivity index (χ0) is 6.53. The Morgan fingerprint density at radius 3 is 3.00 bits per heavy atom. The van der Waals surface area contributed by atoms with Crippen molar-refractivity contribution in [3.63, 3.8) is 0 Å². The minimum atomic E-state index is 0.792. The predicted molar refractivity (Wildman–Crippen MR) is 36.8 cm³/mol. The highest BCUT2D eigenvalue weighted by molar-refractivity contribution is 5.19.